The van der Waals surface area contributed by atoms with Crippen LogP contribution in [0, 0.1) is 0 Å². The Hall–Kier alpha value is -3.28. The number of fused-ring (bicyclic) bond motifs is 3. The van der Waals surface area contributed by atoms with E-state index >= 15 is 0 Å². The van der Waals surface area contributed by atoms with E-state index in [1.165, 1.54) is 12.6 Å². The molecule has 0 radical (unpaired) electrons. The summed E-state index contributed by atoms with van der Waals surface area (Å²) in [5.41, 5.74) is 4.60. The van der Waals surface area contributed by atoms with Crippen molar-refractivity contribution in [3.63, 3.8) is 0 Å². The number of carbonyl (C=O) groups is 2. The first kappa shape index (κ1) is 17.1. The van der Waals surface area contributed by atoms with Gasteiger partial charge in [0.2, 0.25) is 5.91 Å². The Morgan fingerprint density at radius 1 is 1.15 bits per heavy atom. The predicted molar refractivity (Wildman–Crippen MR) is 104 cm³/mol. The highest BCUT2D eigenvalue weighted by molar-refractivity contribution is 5.96. The maximum Gasteiger partial charge on any atom is 0.254 e. The number of hydrogen-bond acceptors (Lipinski definition) is 3. The lowest BCUT2D eigenvalue weighted by molar-refractivity contribution is -0.114. The molecule has 6 nitrogen and oxygen atoms in total. The summed E-state index contributed by atoms with van der Waals surface area (Å²) in [6.45, 7) is 2.68. The Balaban J connectivity index is 1.59. The van der Waals surface area contributed by atoms with E-state index in [1.807, 2.05) is 17.0 Å². The van der Waals surface area contributed by atoms with E-state index in [4.69, 9.17) is 4.74 Å². The van der Waals surface area contributed by atoms with Gasteiger partial charge < -0.3 is 19.9 Å². The molecule has 0 saturated carbocycles. The molecule has 1 aliphatic rings. The van der Waals surface area contributed by atoms with Crippen LogP contribution in [0.15, 0.2) is 42.5 Å². The molecule has 3 aromatic rings. The van der Waals surface area contributed by atoms with Crippen molar-refractivity contribution in [3.8, 4) is 5.75 Å². The van der Waals surface area contributed by atoms with Gasteiger partial charge >= 0.3 is 0 Å². The molecule has 138 valence electrons. The standard InChI is InChI=1S/C21H21N3O3/c1-13(25)22-15-8-6-14(7-9-15)21(26)24-11-10-18-17(12-24)16-4-3-5-19(27-2)20(16)23-18/h3-9,23H,10-12H2,1-2H3,(H,22,25). The first-order chi connectivity index (χ1) is 13.1. The van der Waals surface area contributed by atoms with Crippen molar-refractivity contribution in [2.75, 3.05) is 19.0 Å². The molecule has 2 aromatic carbocycles. The zero-order chi connectivity index (χ0) is 19.0. The number of carbonyl (C=O) groups excluding carboxylic acids is 2. The molecule has 0 fully saturated rings. The van der Waals surface area contributed by atoms with Crippen molar-refractivity contribution in [2.45, 2.75) is 19.9 Å². The Labute approximate surface area is 157 Å². The molecule has 1 aromatic heterocycles. The van der Waals surface area contributed by atoms with Crippen LogP contribution in [0.3, 0.4) is 0 Å². The van der Waals surface area contributed by atoms with Gasteiger partial charge in [-0.25, -0.2) is 0 Å². The van der Waals surface area contributed by atoms with E-state index in [0.717, 1.165) is 28.6 Å². The minimum atomic E-state index is -0.132. The van der Waals surface area contributed by atoms with Crippen LogP contribution in [0.1, 0.15) is 28.5 Å². The van der Waals surface area contributed by atoms with Gasteiger partial charge in [-0.2, -0.15) is 0 Å². The van der Waals surface area contributed by atoms with Crippen LogP contribution in [-0.2, 0) is 17.8 Å². The summed E-state index contributed by atoms with van der Waals surface area (Å²) in [6, 6.07) is 13.0. The number of benzene rings is 2. The highest BCUT2D eigenvalue weighted by Gasteiger charge is 2.25. The van der Waals surface area contributed by atoms with Gasteiger partial charge in [-0.1, -0.05) is 12.1 Å². The number of hydrogen-bond donors (Lipinski definition) is 2. The minimum Gasteiger partial charge on any atom is -0.495 e. The van der Waals surface area contributed by atoms with Crippen molar-refractivity contribution in [3.05, 3.63) is 59.3 Å². The van der Waals surface area contributed by atoms with E-state index < -0.39 is 0 Å². The molecule has 6 heteroatoms. The number of para-hydroxylation sites is 1. The molecule has 2 heterocycles. The first-order valence-corrected chi connectivity index (χ1v) is 8.90. The van der Waals surface area contributed by atoms with Crippen LogP contribution in [0.25, 0.3) is 10.9 Å². The Morgan fingerprint density at radius 2 is 1.93 bits per heavy atom. The second-order valence-corrected chi connectivity index (χ2v) is 6.70. The third-order valence-corrected chi connectivity index (χ3v) is 4.93. The highest BCUT2D eigenvalue weighted by Crippen LogP contribution is 2.33. The maximum atomic E-state index is 12.9. The molecule has 0 bridgehead atoms. The molecule has 27 heavy (non-hydrogen) atoms. The molecular weight excluding hydrogens is 342 g/mol. The Morgan fingerprint density at radius 3 is 2.63 bits per heavy atom. The lowest BCUT2D eigenvalue weighted by Gasteiger charge is -2.27. The molecule has 0 unspecified atom stereocenters. The van der Waals surface area contributed by atoms with E-state index in [9.17, 15) is 9.59 Å². The second-order valence-electron chi connectivity index (χ2n) is 6.70. The summed E-state index contributed by atoms with van der Waals surface area (Å²) in [4.78, 5) is 29.4. The van der Waals surface area contributed by atoms with Gasteiger partial charge in [0.15, 0.2) is 0 Å². The molecule has 0 spiro atoms. The quantitative estimate of drug-likeness (QED) is 0.749. The number of nitrogens with one attached hydrogen (secondary N) is 2. The lowest BCUT2D eigenvalue weighted by Crippen LogP contribution is -2.35. The largest absolute Gasteiger partial charge is 0.495 e. The summed E-state index contributed by atoms with van der Waals surface area (Å²) in [6.07, 6.45) is 0.781. The number of amides is 2. The van der Waals surface area contributed by atoms with Gasteiger partial charge in [-0.15, -0.1) is 0 Å². The zero-order valence-electron chi connectivity index (χ0n) is 15.3. The number of rotatable bonds is 3. The number of aromatic amines is 1. The second kappa shape index (κ2) is 6.79. The monoisotopic (exact) mass is 363 g/mol. The fourth-order valence-corrected chi connectivity index (χ4v) is 3.64. The van der Waals surface area contributed by atoms with E-state index in [1.54, 1.807) is 31.4 Å². The van der Waals surface area contributed by atoms with Crippen molar-refractivity contribution in [1.82, 2.24) is 9.88 Å². The van der Waals surface area contributed by atoms with Crippen LogP contribution in [-0.4, -0.2) is 35.4 Å². The van der Waals surface area contributed by atoms with Gasteiger partial charge in [-0.3, -0.25) is 9.59 Å². The number of ether oxygens (including phenoxy) is 1. The van der Waals surface area contributed by atoms with Crippen LogP contribution in [0.5, 0.6) is 5.75 Å². The molecule has 0 aliphatic carbocycles. The third kappa shape index (κ3) is 3.14. The van der Waals surface area contributed by atoms with Gasteiger partial charge in [0.1, 0.15) is 5.75 Å². The minimum absolute atomic E-state index is 0.00716. The van der Waals surface area contributed by atoms with E-state index in [2.05, 4.69) is 16.4 Å². The molecular formula is C21H21N3O3. The topological polar surface area (TPSA) is 74.4 Å². The van der Waals surface area contributed by atoms with Crippen molar-refractivity contribution >= 4 is 28.4 Å². The SMILES string of the molecule is COc1cccc2c3c([nH]c12)CCN(C(=O)c1ccc(NC(C)=O)cc1)C3. The molecule has 2 N–H and O–H groups in total. The van der Waals surface area contributed by atoms with Crippen LogP contribution in [0.4, 0.5) is 5.69 Å². The molecule has 1 aliphatic heterocycles. The fourth-order valence-electron chi connectivity index (χ4n) is 3.64. The maximum absolute atomic E-state index is 12.9. The van der Waals surface area contributed by atoms with Gasteiger partial charge in [0, 0.05) is 54.3 Å². The average Bonchev–Trinajstić information content (AvgIpc) is 3.05. The summed E-state index contributed by atoms with van der Waals surface area (Å²) in [5, 5.41) is 3.81. The highest BCUT2D eigenvalue weighted by atomic mass is 16.5. The average molecular weight is 363 g/mol. The molecule has 4 rings (SSSR count). The number of nitrogens with zero attached hydrogens (tertiary/aromatic N) is 1. The summed E-state index contributed by atoms with van der Waals surface area (Å²) >= 11 is 0. The number of methoxy groups -OCH3 is 1. The number of H-pyrrole nitrogens is 1. The van der Waals surface area contributed by atoms with Crippen molar-refractivity contribution in [2.24, 2.45) is 0 Å². The number of anilines is 1. The van der Waals surface area contributed by atoms with Gasteiger partial charge in [0.05, 0.1) is 12.6 Å². The normalized spacial score (nSPS) is 13.3. The van der Waals surface area contributed by atoms with Crippen molar-refractivity contribution in [1.29, 1.82) is 0 Å². The van der Waals surface area contributed by atoms with Crippen molar-refractivity contribution < 1.29 is 14.3 Å². The van der Waals surface area contributed by atoms with E-state index in [-0.39, 0.29) is 11.8 Å². The smallest absolute Gasteiger partial charge is 0.254 e. The third-order valence-electron chi connectivity index (χ3n) is 4.93. The van der Waals surface area contributed by atoms with Crippen LogP contribution < -0.4 is 10.1 Å². The zero-order valence-corrected chi connectivity index (χ0v) is 15.3. The predicted octanol–water partition coefficient (Wildman–Crippen LogP) is 3.33. The molecule has 0 atom stereocenters. The van der Waals surface area contributed by atoms with Gasteiger partial charge in [-0.05, 0) is 30.3 Å². The summed E-state index contributed by atoms with van der Waals surface area (Å²) in [7, 11) is 1.66. The van der Waals surface area contributed by atoms with E-state index in [0.29, 0.717) is 24.3 Å². The fraction of sp³-hybridized carbons (Fsp3) is 0.238. The van der Waals surface area contributed by atoms with Crippen LogP contribution in [0.2, 0.25) is 0 Å². The first-order valence-electron chi connectivity index (χ1n) is 8.90. The summed E-state index contributed by atoms with van der Waals surface area (Å²) in [5.74, 6) is 0.674. The van der Waals surface area contributed by atoms with Gasteiger partial charge in [0.25, 0.3) is 5.91 Å². The molecule has 0 saturated heterocycles. The molecule has 2 amide bonds. The summed E-state index contributed by atoms with van der Waals surface area (Å²) < 4.78 is 5.45. The number of aromatic nitrogens is 1. The van der Waals surface area contributed by atoms with Crippen LogP contribution >= 0.6 is 0 Å². The Bertz CT molecular complexity index is 1020. The lowest BCUT2D eigenvalue weighted by atomic mass is 10.0. The Kier molecular flexibility index (Phi) is 4.32.